The van der Waals surface area contributed by atoms with Crippen LogP contribution >= 0.6 is 24.0 Å². The van der Waals surface area contributed by atoms with E-state index in [9.17, 15) is 4.39 Å². The van der Waals surface area contributed by atoms with E-state index in [1.807, 2.05) is 13.0 Å². The predicted octanol–water partition coefficient (Wildman–Crippen LogP) is 3.45. The fourth-order valence-electron chi connectivity index (χ4n) is 3.33. The Morgan fingerprint density at radius 2 is 2.11 bits per heavy atom. The fraction of sp³-hybridized carbons (Fsp3) is 0.550. The van der Waals surface area contributed by atoms with E-state index in [0.29, 0.717) is 6.54 Å². The van der Waals surface area contributed by atoms with Crippen molar-refractivity contribution in [3.63, 3.8) is 0 Å². The van der Waals surface area contributed by atoms with Crippen molar-refractivity contribution < 1.29 is 4.39 Å². The molecule has 0 spiro atoms. The third-order valence-electron chi connectivity index (χ3n) is 4.71. The molecule has 1 aliphatic heterocycles. The molecule has 0 bridgehead atoms. The quantitative estimate of drug-likeness (QED) is 0.265. The van der Waals surface area contributed by atoms with Gasteiger partial charge >= 0.3 is 0 Å². The molecule has 2 aromatic rings. The maximum absolute atomic E-state index is 13.3. The topological polar surface area (TPSA) is 67.1 Å². The average molecular weight is 500 g/mol. The molecule has 0 aliphatic carbocycles. The second kappa shape index (κ2) is 12.0. The van der Waals surface area contributed by atoms with Gasteiger partial charge in [-0.3, -0.25) is 0 Å². The first-order valence-electron chi connectivity index (χ1n) is 9.94. The molecule has 1 aromatic carbocycles. The van der Waals surface area contributed by atoms with Crippen molar-refractivity contribution in [2.45, 2.75) is 58.5 Å². The number of aliphatic imine (C=N–C) groups is 1. The van der Waals surface area contributed by atoms with Crippen molar-refractivity contribution in [3.05, 3.63) is 47.3 Å². The molecule has 3 rings (SSSR count). The fourth-order valence-corrected chi connectivity index (χ4v) is 3.33. The van der Waals surface area contributed by atoms with Crippen LogP contribution in [-0.4, -0.2) is 33.8 Å². The highest BCUT2D eigenvalue weighted by atomic mass is 127. The van der Waals surface area contributed by atoms with Gasteiger partial charge in [0.2, 0.25) is 0 Å². The smallest absolute Gasteiger partial charge is 0.191 e. The maximum Gasteiger partial charge on any atom is 0.191 e. The molecule has 0 saturated carbocycles. The first-order valence-corrected chi connectivity index (χ1v) is 9.94. The zero-order chi connectivity index (χ0) is 18.9. The van der Waals surface area contributed by atoms with Crippen LogP contribution in [0.5, 0.6) is 0 Å². The van der Waals surface area contributed by atoms with E-state index in [1.54, 1.807) is 6.07 Å². The summed E-state index contributed by atoms with van der Waals surface area (Å²) < 4.78 is 15.6. The van der Waals surface area contributed by atoms with Gasteiger partial charge in [0.1, 0.15) is 17.5 Å². The van der Waals surface area contributed by atoms with Gasteiger partial charge < -0.3 is 15.2 Å². The lowest BCUT2D eigenvalue weighted by Gasteiger charge is -2.11. The van der Waals surface area contributed by atoms with Gasteiger partial charge in [0.05, 0.1) is 6.54 Å². The van der Waals surface area contributed by atoms with E-state index in [2.05, 4.69) is 30.4 Å². The number of aromatic nitrogens is 3. The summed E-state index contributed by atoms with van der Waals surface area (Å²) in [5, 5.41) is 15.3. The number of fused-ring (bicyclic) bond motifs is 1. The first kappa shape index (κ1) is 22.6. The Hall–Kier alpha value is -1.71. The van der Waals surface area contributed by atoms with E-state index in [-0.39, 0.29) is 29.8 Å². The van der Waals surface area contributed by atoms with Gasteiger partial charge in [-0.1, -0.05) is 18.6 Å². The van der Waals surface area contributed by atoms with Gasteiger partial charge in [-0.25, -0.2) is 9.38 Å². The summed E-state index contributed by atoms with van der Waals surface area (Å²) in [6, 6.07) is 6.56. The standard InChI is InChI=1S/C20H29FN6.HI/c1-2-22-20(24-15-16-8-6-9-17(21)14-16)23-12-7-11-19-26-25-18-10-4-3-5-13-27(18)19;/h6,8-9,14H,2-5,7,10-13,15H2,1H3,(H2,22,23,24);1H. The van der Waals surface area contributed by atoms with Crippen LogP contribution in [0.3, 0.4) is 0 Å². The molecular formula is C20H30FIN6. The van der Waals surface area contributed by atoms with Crippen molar-refractivity contribution in [1.29, 1.82) is 0 Å². The largest absolute Gasteiger partial charge is 0.357 e. The number of nitrogens with zero attached hydrogens (tertiary/aromatic N) is 4. The van der Waals surface area contributed by atoms with Crippen molar-refractivity contribution in [2.75, 3.05) is 13.1 Å². The van der Waals surface area contributed by atoms with Crippen LogP contribution in [-0.2, 0) is 25.9 Å². The third kappa shape index (κ3) is 6.72. The first-order chi connectivity index (χ1) is 13.3. The second-order valence-corrected chi connectivity index (χ2v) is 6.85. The summed E-state index contributed by atoms with van der Waals surface area (Å²) in [6.45, 7) is 5.11. The number of benzene rings is 1. The normalized spacial score (nSPS) is 14.0. The zero-order valence-electron chi connectivity index (χ0n) is 16.5. The van der Waals surface area contributed by atoms with Gasteiger partial charge in [0.25, 0.3) is 0 Å². The van der Waals surface area contributed by atoms with Gasteiger partial charge in [-0.2, -0.15) is 0 Å². The molecule has 2 N–H and O–H groups in total. The zero-order valence-corrected chi connectivity index (χ0v) is 18.8. The molecule has 28 heavy (non-hydrogen) atoms. The number of hydrogen-bond acceptors (Lipinski definition) is 3. The number of hydrogen-bond donors (Lipinski definition) is 2. The lowest BCUT2D eigenvalue weighted by molar-refractivity contribution is 0.594. The minimum Gasteiger partial charge on any atom is -0.357 e. The molecule has 0 amide bonds. The molecule has 8 heteroatoms. The van der Waals surface area contributed by atoms with E-state index in [0.717, 1.165) is 62.1 Å². The second-order valence-electron chi connectivity index (χ2n) is 6.85. The summed E-state index contributed by atoms with van der Waals surface area (Å²) >= 11 is 0. The van der Waals surface area contributed by atoms with Gasteiger partial charge in [0.15, 0.2) is 5.96 Å². The molecule has 0 unspecified atom stereocenters. The Balaban J connectivity index is 0.00000280. The molecule has 0 radical (unpaired) electrons. The molecule has 154 valence electrons. The number of nitrogens with one attached hydrogen (secondary N) is 2. The molecule has 2 heterocycles. The summed E-state index contributed by atoms with van der Waals surface area (Å²) in [4.78, 5) is 4.54. The predicted molar refractivity (Wildman–Crippen MR) is 121 cm³/mol. The Bertz CT molecular complexity index is 761. The van der Waals surface area contributed by atoms with Gasteiger partial charge in [-0.15, -0.1) is 34.2 Å². The highest BCUT2D eigenvalue weighted by Gasteiger charge is 2.14. The Kier molecular flexibility index (Phi) is 9.66. The lowest BCUT2D eigenvalue weighted by atomic mass is 10.2. The Morgan fingerprint density at radius 3 is 2.93 bits per heavy atom. The number of aryl methyl sites for hydroxylation is 2. The molecule has 6 nitrogen and oxygen atoms in total. The summed E-state index contributed by atoms with van der Waals surface area (Å²) in [5.74, 6) is 2.76. The van der Waals surface area contributed by atoms with Crippen molar-refractivity contribution in [2.24, 2.45) is 4.99 Å². The van der Waals surface area contributed by atoms with E-state index in [4.69, 9.17) is 0 Å². The molecule has 0 saturated heterocycles. The molecule has 1 aromatic heterocycles. The molecular weight excluding hydrogens is 470 g/mol. The van der Waals surface area contributed by atoms with Crippen molar-refractivity contribution >= 4 is 29.9 Å². The number of halogens is 2. The van der Waals surface area contributed by atoms with E-state index >= 15 is 0 Å². The summed E-state index contributed by atoms with van der Waals surface area (Å²) in [6.07, 6.45) is 6.62. The summed E-state index contributed by atoms with van der Waals surface area (Å²) in [5.41, 5.74) is 0.860. The minimum atomic E-state index is -0.229. The van der Waals surface area contributed by atoms with Crippen LogP contribution in [0.1, 0.15) is 49.8 Å². The van der Waals surface area contributed by atoms with Crippen molar-refractivity contribution in [1.82, 2.24) is 25.4 Å². The van der Waals surface area contributed by atoms with Crippen LogP contribution in [0.4, 0.5) is 4.39 Å². The SMILES string of the molecule is CCNC(=NCc1cccc(F)c1)NCCCc1nnc2n1CCCCC2.I. The summed E-state index contributed by atoms with van der Waals surface area (Å²) in [7, 11) is 0. The van der Waals surface area contributed by atoms with Crippen molar-refractivity contribution in [3.8, 4) is 0 Å². The van der Waals surface area contributed by atoms with Crippen LogP contribution in [0.2, 0.25) is 0 Å². The van der Waals surface area contributed by atoms with Crippen LogP contribution in [0.25, 0.3) is 0 Å². The Labute approximate surface area is 183 Å². The highest BCUT2D eigenvalue weighted by Crippen LogP contribution is 2.15. The van der Waals surface area contributed by atoms with E-state index in [1.165, 1.54) is 31.4 Å². The minimum absolute atomic E-state index is 0. The average Bonchev–Trinajstić information content (AvgIpc) is 2.89. The van der Waals surface area contributed by atoms with Gasteiger partial charge in [-0.05, 0) is 43.9 Å². The maximum atomic E-state index is 13.3. The van der Waals surface area contributed by atoms with Gasteiger partial charge in [0, 0.05) is 32.5 Å². The molecule has 1 aliphatic rings. The van der Waals surface area contributed by atoms with Crippen LogP contribution < -0.4 is 10.6 Å². The molecule has 0 fully saturated rings. The third-order valence-corrected chi connectivity index (χ3v) is 4.71. The molecule has 0 atom stereocenters. The number of rotatable bonds is 7. The Morgan fingerprint density at radius 1 is 1.21 bits per heavy atom. The van der Waals surface area contributed by atoms with E-state index < -0.39 is 0 Å². The lowest BCUT2D eigenvalue weighted by Crippen LogP contribution is -2.37. The highest BCUT2D eigenvalue weighted by molar-refractivity contribution is 14.0. The number of guanidine groups is 1. The van der Waals surface area contributed by atoms with Crippen LogP contribution in [0.15, 0.2) is 29.3 Å². The van der Waals surface area contributed by atoms with Crippen LogP contribution in [0, 0.1) is 5.82 Å². The monoisotopic (exact) mass is 500 g/mol.